The van der Waals surface area contributed by atoms with Gasteiger partial charge < -0.3 is 14.8 Å². The molecular formula is C19H23N5O2. The number of methoxy groups -OCH3 is 2. The molecule has 0 fully saturated rings. The Morgan fingerprint density at radius 1 is 0.962 bits per heavy atom. The molecule has 3 aromatic rings. The molecule has 0 amide bonds. The van der Waals surface area contributed by atoms with Gasteiger partial charge in [0, 0.05) is 5.69 Å². The van der Waals surface area contributed by atoms with E-state index in [0.29, 0.717) is 0 Å². The second-order valence-electron chi connectivity index (χ2n) is 6.15. The summed E-state index contributed by atoms with van der Waals surface area (Å²) >= 11 is 0. The molecule has 3 rings (SSSR count). The lowest BCUT2D eigenvalue weighted by Crippen LogP contribution is -2.34. The Morgan fingerprint density at radius 3 is 2.08 bits per heavy atom. The number of anilines is 1. The highest BCUT2D eigenvalue weighted by Crippen LogP contribution is 2.30. The summed E-state index contributed by atoms with van der Waals surface area (Å²) < 4.78 is 12.2. The first-order valence-corrected chi connectivity index (χ1v) is 8.45. The Labute approximate surface area is 152 Å². The third-order valence-electron chi connectivity index (χ3n) is 4.50. The fraction of sp³-hybridized carbons (Fsp3) is 0.316. The molecule has 7 heteroatoms. The molecule has 0 saturated heterocycles. The van der Waals surface area contributed by atoms with Gasteiger partial charge in [0.25, 0.3) is 0 Å². The second-order valence-corrected chi connectivity index (χ2v) is 6.15. The van der Waals surface area contributed by atoms with Gasteiger partial charge >= 0.3 is 0 Å². The van der Waals surface area contributed by atoms with Crippen LogP contribution in [0.5, 0.6) is 11.5 Å². The van der Waals surface area contributed by atoms with E-state index in [4.69, 9.17) is 9.47 Å². The summed E-state index contributed by atoms with van der Waals surface area (Å²) in [7, 11) is 3.30. The van der Waals surface area contributed by atoms with Gasteiger partial charge in [-0.2, -0.15) is 4.68 Å². The lowest BCUT2D eigenvalue weighted by molar-refractivity contribution is 0.414. The number of aromatic nitrogens is 4. The summed E-state index contributed by atoms with van der Waals surface area (Å²) in [5.41, 5.74) is 1.40. The molecule has 0 radical (unpaired) electrons. The third-order valence-corrected chi connectivity index (χ3v) is 4.50. The summed E-state index contributed by atoms with van der Waals surface area (Å²) in [5.74, 6) is 2.34. The predicted octanol–water partition coefficient (Wildman–Crippen LogP) is 3.42. The Balaban J connectivity index is 1.92. The van der Waals surface area contributed by atoms with E-state index < -0.39 is 5.54 Å². The lowest BCUT2D eigenvalue weighted by atomic mass is 9.97. The van der Waals surface area contributed by atoms with Gasteiger partial charge in [-0.05, 0) is 72.3 Å². The number of hydrogen-bond donors (Lipinski definition) is 1. The fourth-order valence-electron chi connectivity index (χ4n) is 2.72. The quantitative estimate of drug-likeness (QED) is 0.701. The molecule has 0 saturated carbocycles. The van der Waals surface area contributed by atoms with Crippen LogP contribution in [-0.2, 0) is 5.54 Å². The minimum Gasteiger partial charge on any atom is -0.497 e. The van der Waals surface area contributed by atoms with Gasteiger partial charge in [-0.1, -0.05) is 6.92 Å². The Hall–Kier alpha value is -3.09. The van der Waals surface area contributed by atoms with Crippen molar-refractivity contribution in [2.45, 2.75) is 25.8 Å². The number of hydrogen-bond acceptors (Lipinski definition) is 6. The van der Waals surface area contributed by atoms with Crippen LogP contribution in [0.15, 0.2) is 48.5 Å². The topological polar surface area (TPSA) is 74.1 Å². The van der Waals surface area contributed by atoms with Crippen molar-refractivity contribution < 1.29 is 9.47 Å². The van der Waals surface area contributed by atoms with Crippen molar-refractivity contribution in [3.05, 3.63) is 54.4 Å². The molecule has 1 heterocycles. The van der Waals surface area contributed by atoms with E-state index in [0.717, 1.165) is 35.1 Å². The highest BCUT2D eigenvalue weighted by molar-refractivity contribution is 5.49. The van der Waals surface area contributed by atoms with E-state index >= 15 is 0 Å². The minimum atomic E-state index is -0.446. The molecule has 1 N–H and O–H groups in total. The standard InChI is InChI=1S/C19H23N5O2/c1-5-19(2,20-14-6-10-16(25-3)11-7-14)18-21-22-23-24(18)15-8-12-17(26-4)13-9-15/h6-13,20H,5H2,1-4H3/t19-/m1/s1. The number of ether oxygens (including phenoxy) is 2. The van der Waals surface area contributed by atoms with Crippen molar-refractivity contribution in [3.63, 3.8) is 0 Å². The van der Waals surface area contributed by atoms with E-state index in [1.807, 2.05) is 48.5 Å². The third kappa shape index (κ3) is 3.46. The van der Waals surface area contributed by atoms with Crippen LogP contribution in [0.2, 0.25) is 0 Å². The van der Waals surface area contributed by atoms with Crippen LogP contribution in [0, 0.1) is 0 Å². The van der Waals surface area contributed by atoms with E-state index in [-0.39, 0.29) is 0 Å². The molecule has 26 heavy (non-hydrogen) atoms. The van der Waals surface area contributed by atoms with Crippen LogP contribution >= 0.6 is 0 Å². The number of nitrogens with zero attached hydrogens (tertiary/aromatic N) is 4. The van der Waals surface area contributed by atoms with Gasteiger partial charge in [-0.15, -0.1) is 5.10 Å². The van der Waals surface area contributed by atoms with Gasteiger partial charge in [-0.3, -0.25) is 0 Å². The summed E-state index contributed by atoms with van der Waals surface area (Å²) in [6.07, 6.45) is 0.801. The van der Waals surface area contributed by atoms with Crippen molar-refractivity contribution in [3.8, 4) is 17.2 Å². The van der Waals surface area contributed by atoms with E-state index in [2.05, 4.69) is 34.7 Å². The molecule has 7 nitrogen and oxygen atoms in total. The molecule has 0 bridgehead atoms. The molecule has 1 atom stereocenters. The average molecular weight is 353 g/mol. The van der Waals surface area contributed by atoms with Gasteiger partial charge in [0.2, 0.25) is 0 Å². The number of nitrogens with one attached hydrogen (secondary N) is 1. The fourth-order valence-corrected chi connectivity index (χ4v) is 2.72. The highest BCUT2D eigenvalue weighted by atomic mass is 16.5. The van der Waals surface area contributed by atoms with Crippen molar-refractivity contribution in [2.24, 2.45) is 0 Å². The minimum absolute atomic E-state index is 0.446. The van der Waals surface area contributed by atoms with E-state index in [9.17, 15) is 0 Å². The van der Waals surface area contributed by atoms with Crippen LogP contribution in [0.4, 0.5) is 5.69 Å². The van der Waals surface area contributed by atoms with Crippen molar-refractivity contribution in [1.82, 2.24) is 20.2 Å². The molecule has 136 valence electrons. The normalized spacial score (nSPS) is 13.1. The summed E-state index contributed by atoms with van der Waals surface area (Å²) in [4.78, 5) is 0. The zero-order valence-electron chi connectivity index (χ0n) is 15.4. The number of tetrazole rings is 1. The van der Waals surface area contributed by atoms with Gasteiger partial charge in [0.05, 0.1) is 25.4 Å². The monoisotopic (exact) mass is 353 g/mol. The summed E-state index contributed by atoms with van der Waals surface area (Å²) in [6, 6.07) is 15.4. The molecule has 0 unspecified atom stereocenters. The van der Waals surface area contributed by atoms with Crippen molar-refractivity contribution in [2.75, 3.05) is 19.5 Å². The Morgan fingerprint density at radius 2 is 1.54 bits per heavy atom. The van der Waals surface area contributed by atoms with E-state index in [1.165, 1.54) is 0 Å². The number of rotatable bonds is 7. The van der Waals surface area contributed by atoms with Crippen molar-refractivity contribution >= 4 is 5.69 Å². The van der Waals surface area contributed by atoms with Crippen LogP contribution in [0.3, 0.4) is 0 Å². The predicted molar refractivity (Wildman–Crippen MR) is 100.0 cm³/mol. The van der Waals surface area contributed by atoms with Crippen molar-refractivity contribution in [1.29, 1.82) is 0 Å². The summed E-state index contributed by atoms with van der Waals surface area (Å²) in [5, 5.41) is 15.9. The first-order chi connectivity index (χ1) is 12.6. The Bertz CT molecular complexity index is 845. The second kappa shape index (κ2) is 7.43. The van der Waals surface area contributed by atoms with Crippen LogP contribution in [-0.4, -0.2) is 34.4 Å². The maximum Gasteiger partial charge on any atom is 0.181 e. The van der Waals surface area contributed by atoms with E-state index in [1.54, 1.807) is 18.9 Å². The SMILES string of the molecule is CC[C@@](C)(Nc1ccc(OC)cc1)c1nnnn1-c1ccc(OC)cc1. The summed E-state index contributed by atoms with van der Waals surface area (Å²) in [6.45, 7) is 4.19. The lowest BCUT2D eigenvalue weighted by Gasteiger charge is -2.29. The molecule has 0 aliphatic heterocycles. The average Bonchev–Trinajstić information content (AvgIpc) is 3.19. The molecule has 2 aromatic carbocycles. The van der Waals surface area contributed by atoms with Gasteiger partial charge in [0.1, 0.15) is 11.5 Å². The van der Waals surface area contributed by atoms with Crippen LogP contribution < -0.4 is 14.8 Å². The zero-order valence-corrected chi connectivity index (χ0v) is 15.4. The first-order valence-electron chi connectivity index (χ1n) is 8.45. The van der Waals surface area contributed by atoms with Crippen LogP contribution in [0.25, 0.3) is 5.69 Å². The zero-order chi connectivity index (χ0) is 18.6. The molecule has 1 aromatic heterocycles. The molecular weight excluding hydrogens is 330 g/mol. The highest BCUT2D eigenvalue weighted by Gasteiger charge is 2.31. The van der Waals surface area contributed by atoms with Gasteiger partial charge in [0.15, 0.2) is 5.82 Å². The Kier molecular flexibility index (Phi) is 5.06. The molecule has 0 spiro atoms. The molecule has 0 aliphatic carbocycles. The maximum absolute atomic E-state index is 5.22. The smallest absolute Gasteiger partial charge is 0.181 e. The molecule has 0 aliphatic rings. The number of benzene rings is 2. The van der Waals surface area contributed by atoms with Gasteiger partial charge in [-0.25, -0.2) is 0 Å². The maximum atomic E-state index is 5.22. The van der Waals surface area contributed by atoms with Crippen LogP contribution in [0.1, 0.15) is 26.1 Å². The first kappa shape index (κ1) is 17.7. The largest absolute Gasteiger partial charge is 0.497 e.